The monoisotopic (exact) mass is 408 g/mol. The number of hydrogen-bond donors (Lipinski definition) is 1. The van der Waals surface area contributed by atoms with Gasteiger partial charge in [-0.25, -0.2) is 0 Å². The molecule has 1 N–H and O–H groups in total. The minimum absolute atomic E-state index is 0.0182. The predicted molar refractivity (Wildman–Crippen MR) is 114 cm³/mol. The highest BCUT2D eigenvalue weighted by Crippen LogP contribution is 2.32. The highest BCUT2D eigenvalue weighted by atomic mass is 32.2. The molecule has 1 aliphatic rings. The van der Waals surface area contributed by atoms with E-state index in [0.29, 0.717) is 15.8 Å². The molecule has 0 bridgehead atoms. The molecular formula is C20H28N2O3S2. The SMILES string of the molecule is Cn1cccc1/C=C1/SC(=S)N(CCCCCCCCCCC(=O)O)C1=O. The maximum Gasteiger partial charge on any atom is 0.303 e. The van der Waals surface area contributed by atoms with E-state index in [-0.39, 0.29) is 12.3 Å². The third-order valence-electron chi connectivity index (χ3n) is 4.66. The molecule has 148 valence electrons. The summed E-state index contributed by atoms with van der Waals surface area (Å²) in [6, 6.07) is 3.94. The van der Waals surface area contributed by atoms with Gasteiger partial charge in [0, 0.05) is 31.9 Å². The number of carboxylic acid groups (broad SMARTS) is 1. The van der Waals surface area contributed by atoms with Crippen LogP contribution < -0.4 is 0 Å². The summed E-state index contributed by atoms with van der Waals surface area (Å²) in [6.07, 6.45) is 12.5. The van der Waals surface area contributed by atoms with Crippen molar-refractivity contribution < 1.29 is 14.7 Å². The van der Waals surface area contributed by atoms with Crippen molar-refractivity contribution in [3.8, 4) is 0 Å². The topological polar surface area (TPSA) is 62.5 Å². The number of unbranched alkanes of at least 4 members (excludes halogenated alkanes) is 7. The number of amides is 1. The lowest BCUT2D eigenvalue weighted by Gasteiger charge is -2.14. The quantitative estimate of drug-likeness (QED) is 0.305. The van der Waals surface area contributed by atoms with Gasteiger partial charge >= 0.3 is 5.97 Å². The van der Waals surface area contributed by atoms with Crippen molar-refractivity contribution in [2.24, 2.45) is 7.05 Å². The Kier molecular flexibility index (Phi) is 9.07. The molecule has 0 radical (unpaired) electrons. The van der Waals surface area contributed by atoms with E-state index in [1.165, 1.54) is 18.2 Å². The van der Waals surface area contributed by atoms with Gasteiger partial charge in [0.15, 0.2) is 0 Å². The average molecular weight is 409 g/mol. The molecule has 1 saturated heterocycles. The maximum atomic E-state index is 12.6. The lowest BCUT2D eigenvalue weighted by Crippen LogP contribution is -2.29. The molecule has 1 amide bonds. The zero-order valence-electron chi connectivity index (χ0n) is 15.9. The van der Waals surface area contributed by atoms with Crippen molar-refractivity contribution in [3.63, 3.8) is 0 Å². The van der Waals surface area contributed by atoms with Crippen molar-refractivity contribution in [1.29, 1.82) is 0 Å². The summed E-state index contributed by atoms with van der Waals surface area (Å²) in [6.45, 7) is 0.688. The van der Waals surface area contributed by atoms with Crippen LogP contribution in [0.3, 0.4) is 0 Å². The number of aryl methyl sites for hydroxylation is 1. The number of aromatic nitrogens is 1. The molecule has 0 saturated carbocycles. The molecule has 1 fully saturated rings. The third kappa shape index (κ3) is 7.14. The molecule has 1 aromatic rings. The Bertz CT molecular complexity index is 697. The second kappa shape index (κ2) is 11.3. The van der Waals surface area contributed by atoms with Crippen LogP contribution in [0.15, 0.2) is 23.2 Å². The van der Waals surface area contributed by atoms with Crippen molar-refractivity contribution in [1.82, 2.24) is 9.47 Å². The van der Waals surface area contributed by atoms with E-state index in [1.54, 1.807) is 4.90 Å². The highest BCUT2D eigenvalue weighted by Gasteiger charge is 2.31. The van der Waals surface area contributed by atoms with Crippen LogP contribution in [0.4, 0.5) is 0 Å². The Hall–Kier alpha value is -1.60. The van der Waals surface area contributed by atoms with E-state index >= 15 is 0 Å². The molecular weight excluding hydrogens is 380 g/mol. The molecule has 2 rings (SSSR count). The molecule has 5 nitrogen and oxygen atoms in total. The van der Waals surface area contributed by atoms with E-state index < -0.39 is 5.97 Å². The van der Waals surface area contributed by atoms with E-state index in [2.05, 4.69) is 0 Å². The number of carboxylic acids is 1. The van der Waals surface area contributed by atoms with Crippen LogP contribution in [0.2, 0.25) is 0 Å². The van der Waals surface area contributed by atoms with Crippen molar-refractivity contribution in [3.05, 3.63) is 28.9 Å². The van der Waals surface area contributed by atoms with E-state index in [4.69, 9.17) is 17.3 Å². The molecule has 1 aromatic heterocycles. The van der Waals surface area contributed by atoms with Crippen LogP contribution in [-0.2, 0) is 16.6 Å². The van der Waals surface area contributed by atoms with Crippen LogP contribution in [0, 0.1) is 0 Å². The minimum atomic E-state index is -0.704. The summed E-state index contributed by atoms with van der Waals surface area (Å²) in [5.41, 5.74) is 0.999. The molecule has 2 heterocycles. The first-order chi connectivity index (χ1) is 13.0. The fourth-order valence-electron chi connectivity index (χ4n) is 3.06. The molecule has 7 heteroatoms. The van der Waals surface area contributed by atoms with Crippen LogP contribution in [-0.4, -0.2) is 37.3 Å². The Morgan fingerprint density at radius 3 is 2.37 bits per heavy atom. The first kappa shape index (κ1) is 21.7. The smallest absolute Gasteiger partial charge is 0.303 e. The van der Waals surface area contributed by atoms with Gasteiger partial charge in [0.1, 0.15) is 4.32 Å². The van der Waals surface area contributed by atoms with Gasteiger partial charge in [-0.05, 0) is 31.1 Å². The van der Waals surface area contributed by atoms with Gasteiger partial charge in [-0.1, -0.05) is 62.5 Å². The van der Waals surface area contributed by atoms with E-state index in [1.807, 2.05) is 36.0 Å². The zero-order valence-corrected chi connectivity index (χ0v) is 17.5. The lowest BCUT2D eigenvalue weighted by atomic mass is 10.1. The van der Waals surface area contributed by atoms with Gasteiger partial charge in [0.25, 0.3) is 5.91 Å². The number of thiocarbonyl (C=S) groups is 1. The largest absolute Gasteiger partial charge is 0.481 e. The summed E-state index contributed by atoms with van der Waals surface area (Å²) >= 11 is 6.76. The standard InChI is InChI=1S/C20H28N2O3S2/c1-21-13-10-11-16(21)15-17-19(25)22(20(26)27-17)14-9-7-5-3-2-4-6-8-12-18(23)24/h10-11,13,15H,2-9,12,14H2,1H3,(H,23,24)/b17-15+. The second-order valence-corrected chi connectivity index (χ2v) is 8.53. The first-order valence-electron chi connectivity index (χ1n) is 9.57. The molecule has 0 atom stereocenters. The summed E-state index contributed by atoms with van der Waals surface area (Å²) in [5, 5.41) is 8.59. The molecule has 0 aromatic carbocycles. The van der Waals surface area contributed by atoms with Gasteiger partial charge in [0.2, 0.25) is 0 Å². The van der Waals surface area contributed by atoms with Crippen LogP contribution in [0.25, 0.3) is 6.08 Å². The Balaban J connectivity index is 1.61. The number of thioether (sulfide) groups is 1. The average Bonchev–Trinajstić information content (AvgIpc) is 3.14. The van der Waals surface area contributed by atoms with Crippen LogP contribution >= 0.6 is 24.0 Å². The number of nitrogens with zero attached hydrogens (tertiary/aromatic N) is 2. The fraction of sp³-hybridized carbons (Fsp3) is 0.550. The van der Waals surface area contributed by atoms with Crippen LogP contribution in [0.5, 0.6) is 0 Å². The number of rotatable bonds is 12. The first-order valence-corrected chi connectivity index (χ1v) is 10.8. The highest BCUT2D eigenvalue weighted by molar-refractivity contribution is 8.26. The third-order valence-corrected chi connectivity index (χ3v) is 6.04. The number of carbonyl (C=O) groups is 2. The van der Waals surface area contributed by atoms with Crippen molar-refractivity contribution in [2.75, 3.05) is 6.54 Å². The fourth-order valence-corrected chi connectivity index (χ4v) is 4.35. The summed E-state index contributed by atoms with van der Waals surface area (Å²) < 4.78 is 2.63. The molecule has 27 heavy (non-hydrogen) atoms. The van der Waals surface area contributed by atoms with E-state index in [0.717, 1.165) is 50.6 Å². The molecule has 0 aliphatic carbocycles. The Morgan fingerprint density at radius 1 is 1.15 bits per heavy atom. The minimum Gasteiger partial charge on any atom is -0.481 e. The second-order valence-electron chi connectivity index (χ2n) is 6.85. The van der Waals surface area contributed by atoms with Gasteiger partial charge < -0.3 is 9.67 Å². The zero-order chi connectivity index (χ0) is 19.6. The Morgan fingerprint density at radius 2 is 1.78 bits per heavy atom. The molecule has 0 unspecified atom stereocenters. The van der Waals surface area contributed by atoms with Crippen molar-refractivity contribution in [2.45, 2.75) is 57.8 Å². The van der Waals surface area contributed by atoms with Crippen LogP contribution in [0.1, 0.15) is 63.5 Å². The Labute approximate surface area is 170 Å². The molecule has 0 spiro atoms. The predicted octanol–water partition coefficient (Wildman–Crippen LogP) is 4.82. The van der Waals surface area contributed by atoms with Gasteiger partial charge in [-0.2, -0.15) is 0 Å². The van der Waals surface area contributed by atoms with Gasteiger partial charge in [0.05, 0.1) is 4.91 Å². The molecule has 1 aliphatic heterocycles. The van der Waals surface area contributed by atoms with E-state index in [9.17, 15) is 9.59 Å². The summed E-state index contributed by atoms with van der Waals surface area (Å²) in [5.74, 6) is -0.686. The number of carbonyl (C=O) groups excluding carboxylic acids is 1. The number of hydrogen-bond acceptors (Lipinski definition) is 4. The number of aliphatic carboxylic acids is 1. The maximum absolute atomic E-state index is 12.6. The van der Waals surface area contributed by atoms with Gasteiger partial charge in [-0.15, -0.1) is 0 Å². The lowest BCUT2D eigenvalue weighted by molar-refractivity contribution is -0.137. The van der Waals surface area contributed by atoms with Gasteiger partial charge in [-0.3, -0.25) is 14.5 Å². The summed E-state index contributed by atoms with van der Waals surface area (Å²) in [7, 11) is 1.96. The summed E-state index contributed by atoms with van der Waals surface area (Å²) in [4.78, 5) is 25.4. The normalized spacial score (nSPS) is 15.9. The van der Waals surface area contributed by atoms with Crippen molar-refractivity contribution >= 4 is 46.3 Å².